The van der Waals surface area contributed by atoms with Gasteiger partial charge in [0.05, 0.1) is 9.79 Å². The molecule has 4 rings (SSSR count). The fraction of sp³-hybridized carbons (Fsp3) is 0. The average Bonchev–Trinajstić information content (AvgIpc) is 2.74. The third-order valence-corrected chi connectivity index (χ3v) is 9.01. The monoisotopic (exact) mass is 594 g/mol. The molecular weight excluding hydrogens is 583 g/mol. The zero-order chi connectivity index (χ0) is 22.2. The summed E-state index contributed by atoms with van der Waals surface area (Å²) in [6.07, 6.45) is 0. The highest BCUT2D eigenvalue weighted by atomic mass is 79.9. The molecule has 0 unspecified atom stereocenters. The molecule has 0 fully saturated rings. The second-order valence-corrected chi connectivity index (χ2v) is 11.3. The van der Waals surface area contributed by atoms with E-state index in [-0.39, 0.29) is 9.79 Å². The zero-order valence-corrected chi connectivity index (χ0v) is 21.3. The van der Waals surface area contributed by atoms with Crippen LogP contribution in [0.15, 0.2) is 104 Å². The quantitative estimate of drug-likeness (QED) is 0.236. The number of sulfone groups is 1. The summed E-state index contributed by atoms with van der Waals surface area (Å²) in [6.45, 7) is 0. The van der Waals surface area contributed by atoms with E-state index in [1.807, 2.05) is 24.3 Å². The van der Waals surface area contributed by atoms with Crippen LogP contribution in [0.3, 0.4) is 0 Å². The van der Waals surface area contributed by atoms with Gasteiger partial charge in [-0.3, -0.25) is 0 Å². The van der Waals surface area contributed by atoms with Gasteiger partial charge in [0.2, 0.25) is 9.84 Å². The molecule has 0 heterocycles. The van der Waals surface area contributed by atoms with Crippen LogP contribution in [0.5, 0.6) is 0 Å². The fourth-order valence-corrected chi connectivity index (χ4v) is 6.85. The first kappa shape index (κ1) is 22.6. The second kappa shape index (κ2) is 9.08. The molecule has 0 aliphatic heterocycles. The Hall–Kier alpha value is -1.63. The Labute approximate surface area is 208 Å². The van der Waals surface area contributed by atoms with Crippen molar-refractivity contribution in [1.29, 1.82) is 0 Å². The van der Waals surface area contributed by atoms with Crippen LogP contribution in [0.2, 0.25) is 10.0 Å². The summed E-state index contributed by atoms with van der Waals surface area (Å²) in [6, 6.07) is 25.2. The molecule has 2 nitrogen and oxygen atoms in total. The first-order valence-electron chi connectivity index (χ1n) is 9.12. The van der Waals surface area contributed by atoms with E-state index < -0.39 is 9.84 Å². The molecule has 0 saturated carbocycles. The molecule has 31 heavy (non-hydrogen) atoms. The highest BCUT2D eigenvalue weighted by Gasteiger charge is 2.24. The van der Waals surface area contributed by atoms with Gasteiger partial charge >= 0.3 is 0 Å². The van der Waals surface area contributed by atoms with Crippen LogP contribution in [-0.2, 0) is 9.84 Å². The van der Waals surface area contributed by atoms with Gasteiger partial charge in [0, 0.05) is 19.0 Å². The molecule has 4 aromatic carbocycles. The first-order chi connectivity index (χ1) is 14.8. The Kier molecular flexibility index (Phi) is 6.61. The van der Waals surface area contributed by atoms with Crippen molar-refractivity contribution < 1.29 is 8.42 Å². The van der Waals surface area contributed by atoms with Crippen molar-refractivity contribution in [2.75, 3.05) is 0 Å². The van der Waals surface area contributed by atoms with E-state index in [9.17, 15) is 8.42 Å². The van der Waals surface area contributed by atoms with Crippen molar-refractivity contribution in [2.24, 2.45) is 0 Å². The van der Waals surface area contributed by atoms with Crippen LogP contribution in [0.4, 0.5) is 0 Å². The molecule has 0 aliphatic rings. The number of halogens is 4. The maximum Gasteiger partial charge on any atom is 0.208 e. The van der Waals surface area contributed by atoms with Crippen LogP contribution in [-0.4, -0.2) is 8.42 Å². The second-order valence-electron chi connectivity index (χ2n) is 6.81. The summed E-state index contributed by atoms with van der Waals surface area (Å²) in [7, 11) is -3.75. The van der Waals surface area contributed by atoms with E-state index >= 15 is 0 Å². The predicted octanol–water partition coefficient (Wildman–Crippen LogP) is 8.69. The molecule has 7 heteroatoms. The number of hydrogen-bond donors (Lipinski definition) is 0. The van der Waals surface area contributed by atoms with Gasteiger partial charge in [-0.2, -0.15) is 0 Å². The summed E-state index contributed by atoms with van der Waals surface area (Å²) in [5, 5.41) is 1.29. The lowest BCUT2D eigenvalue weighted by atomic mass is 10.1. The van der Waals surface area contributed by atoms with Gasteiger partial charge in [-0.1, -0.05) is 59.6 Å². The molecule has 4 aromatic rings. The van der Waals surface area contributed by atoms with E-state index in [0.717, 1.165) is 22.3 Å². The maximum absolute atomic E-state index is 13.4. The normalized spacial score (nSPS) is 11.5. The predicted molar refractivity (Wildman–Crippen MR) is 135 cm³/mol. The van der Waals surface area contributed by atoms with Crippen LogP contribution in [0.25, 0.3) is 22.3 Å². The fourth-order valence-electron chi connectivity index (χ4n) is 3.20. The molecule has 0 aromatic heterocycles. The Balaban J connectivity index is 1.71. The van der Waals surface area contributed by atoms with Gasteiger partial charge in [0.25, 0.3) is 0 Å². The Morgan fingerprint density at radius 3 is 1.16 bits per heavy atom. The molecule has 156 valence electrons. The van der Waals surface area contributed by atoms with Gasteiger partial charge in [0.15, 0.2) is 0 Å². The molecule has 0 saturated heterocycles. The standard InChI is InChI=1S/C24H14Br2Cl2O2S/c25-21-13-17(15-1-7-19(27)8-2-15)5-11-23(21)31(29,30)24-12-6-18(14-22(24)26)16-3-9-20(28)10-4-16/h1-14H. The van der Waals surface area contributed by atoms with Crippen LogP contribution >= 0.6 is 55.1 Å². The third-order valence-electron chi connectivity index (χ3n) is 4.80. The largest absolute Gasteiger partial charge is 0.218 e. The number of rotatable bonds is 4. The van der Waals surface area contributed by atoms with E-state index in [1.54, 1.807) is 60.7 Å². The number of hydrogen-bond acceptors (Lipinski definition) is 2. The average molecular weight is 597 g/mol. The first-order valence-corrected chi connectivity index (χ1v) is 12.9. The lowest BCUT2D eigenvalue weighted by molar-refractivity contribution is 0.595. The molecule has 0 atom stereocenters. The van der Waals surface area contributed by atoms with Crippen LogP contribution in [0, 0.1) is 0 Å². The van der Waals surface area contributed by atoms with Crippen LogP contribution in [0.1, 0.15) is 0 Å². The van der Waals surface area contributed by atoms with Gasteiger partial charge in [-0.25, -0.2) is 8.42 Å². The smallest absolute Gasteiger partial charge is 0.208 e. The Morgan fingerprint density at radius 2 is 0.839 bits per heavy atom. The minimum Gasteiger partial charge on any atom is -0.218 e. The SMILES string of the molecule is O=S(=O)(c1ccc(-c2ccc(Cl)cc2)cc1Br)c1ccc(-c2ccc(Cl)cc2)cc1Br. The van der Waals surface area contributed by atoms with E-state index in [2.05, 4.69) is 31.9 Å². The minimum atomic E-state index is -3.75. The lowest BCUT2D eigenvalue weighted by Gasteiger charge is -2.12. The highest BCUT2D eigenvalue weighted by molar-refractivity contribution is 9.11. The van der Waals surface area contributed by atoms with Crippen molar-refractivity contribution >= 4 is 64.9 Å². The van der Waals surface area contributed by atoms with E-state index in [0.29, 0.717) is 19.0 Å². The van der Waals surface area contributed by atoms with Gasteiger partial charge in [-0.15, -0.1) is 0 Å². The highest BCUT2D eigenvalue weighted by Crippen LogP contribution is 2.36. The molecular formula is C24H14Br2Cl2O2S. The summed E-state index contributed by atoms with van der Waals surface area (Å²) >= 11 is 18.8. The van der Waals surface area contributed by atoms with Crippen molar-refractivity contribution in [3.63, 3.8) is 0 Å². The Morgan fingerprint density at radius 1 is 0.516 bits per heavy atom. The van der Waals surface area contributed by atoms with Crippen molar-refractivity contribution in [2.45, 2.75) is 9.79 Å². The molecule has 0 amide bonds. The Bertz CT molecular complexity index is 1270. The van der Waals surface area contributed by atoms with Crippen LogP contribution < -0.4 is 0 Å². The van der Waals surface area contributed by atoms with Gasteiger partial charge < -0.3 is 0 Å². The summed E-state index contributed by atoms with van der Waals surface area (Å²) in [5.41, 5.74) is 3.67. The van der Waals surface area contributed by atoms with Gasteiger partial charge in [-0.05, 0) is 103 Å². The van der Waals surface area contributed by atoms with E-state index in [4.69, 9.17) is 23.2 Å². The van der Waals surface area contributed by atoms with Crippen molar-refractivity contribution in [1.82, 2.24) is 0 Å². The minimum absolute atomic E-state index is 0.199. The third kappa shape index (κ3) is 4.76. The van der Waals surface area contributed by atoms with Crippen molar-refractivity contribution in [3.05, 3.63) is 104 Å². The summed E-state index contributed by atoms with van der Waals surface area (Å²) < 4.78 is 27.7. The molecule has 0 N–H and O–H groups in total. The van der Waals surface area contributed by atoms with Gasteiger partial charge in [0.1, 0.15) is 0 Å². The maximum atomic E-state index is 13.4. The topological polar surface area (TPSA) is 34.1 Å². The molecule has 0 radical (unpaired) electrons. The lowest BCUT2D eigenvalue weighted by Crippen LogP contribution is -2.04. The van der Waals surface area contributed by atoms with E-state index in [1.165, 1.54) is 0 Å². The molecule has 0 spiro atoms. The summed E-state index contributed by atoms with van der Waals surface area (Å²) in [5.74, 6) is 0. The molecule has 0 bridgehead atoms. The van der Waals surface area contributed by atoms with Crippen molar-refractivity contribution in [3.8, 4) is 22.3 Å². The summed E-state index contributed by atoms with van der Waals surface area (Å²) in [4.78, 5) is 0.398. The molecule has 0 aliphatic carbocycles. The number of benzene rings is 4. The zero-order valence-electron chi connectivity index (χ0n) is 15.8.